The molecule has 3 N–H and O–H groups in total. The third-order valence-electron chi connectivity index (χ3n) is 2.55. The van der Waals surface area contributed by atoms with Crippen molar-refractivity contribution in [2.75, 3.05) is 21.1 Å². The summed E-state index contributed by atoms with van der Waals surface area (Å²) in [6, 6.07) is 1.21. The second kappa shape index (κ2) is 4.03. The van der Waals surface area contributed by atoms with Gasteiger partial charge in [-0.2, -0.15) is 0 Å². The number of allylic oxidation sites excluding steroid dienone is 1. The van der Waals surface area contributed by atoms with Crippen LogP contribution in [-0.4, -0.2) is 26.8 Å². The van der Waals surface area contributed by atoms with Gasteiger partial charge in [0.2, 0.25) is 0 Å². The van der Waals surface area contributed by atoms with E-state index in [2.05, 4.69) is 28.1 Å². The Bertz CT molecular complexity index is 161. The van der Waals surface area contributed by atoms with E-state index in [4.69, 9.17) is 0 Å². The summed E-state index contributed by atoms with van der Waals surface area (Å²) in [6.45, 7) is 0. The zero-order valence-electron chi connectivity index (χ0n) is 8.07. The van der Waals surface area contributed by atoms with E-state index >= 15 is 0 Å². The third-order valence-corrected chi connectivity index (χ3v) is 2.55. The molecule has 3 heteroatoms. The van der Waals surface area contributed by atoms with Crippen molar-refractivity contribution in [1.29, 1.82) is 0 Å². The summed E-state index contributed by atoms with van der Waals surface area (Å²) in [6.07, 6.45) is 6.54. The van der Waals surface area contributed by atoms with E-state index < -0.39 is 0 Å². The highest BCUT2D eigenvalue weighted by Gasteiger charge is 2.35. The Balaban J connectivity index is 2.77. The van der Waals surface area contributed by atoms with Crippen LogP contribution in [0.2, 0.25) is 0 Å². The highest BCUT2D eigenvalue weighted by Crippen LogP contribution is 2.25. The lowest BCUT2D eigenvalue weighted by Crippen LogP contribution is -2.61. The van der Waals surface area contributed by atoms with Crippen LogP contribution < -0.4 is 16.0 Å². The largest absolute Gasteiger partial charge is 0.306 e. The standard InChI is InChI=1S/C9H18N3/c1-10-8-6-4-5-7-9(8,11-2)12-3/h4,6,10-12H,5,7H2,1-3H3. The predicted octanol–water partition coefficient (Wildman–Crippen LogP) is 0.223. The van der Waals surface area contributed by atoms with E-state index in [0.29, 0.717) is 0 Å². The fourth-order valence-electron chi connectivity index (χ4n) is 1.72. The minimum absolute atomic E-state index is 0.0521. The molecule has 0 bridgehead atoms. The molecule has 1 rings (SSSR count). The van der Waals surface area contributed by atoms with Crippen molar-refractivity contribution >= 4 is 0 Å². The molecule has 0 amide bonds. The SMILES string of the molecule is CN[C]1C=CCCC1(NC)NC. The Morgan fingerprint density at radius 1 is 1.25 bits per heavy atom. The normalized spacial score (nSPS) is 22.9. The summed E-state index contributed by atoms with van der Waals surface area (Å²) in [5.41, 5.74) is -0.0521. The summed E-state index contributed by atoms with van der Waals surface area (Å²) in [5, 5.41) is 9.81. The molecule has 0 fully saturated rings. The lowest BCUT2D eigenvalue weighted by Gasteiger charge is -2.40. The molecule has 12 heavy (non-hydrogen) atoms. The third kappa shape index (κ3) is 1.53. The minimum atomic E-state index is -0.0521. The van der Waals surface area contributed by atoms with Crippen LogP contribution in [0, 0.1) is 6.04 Å². The van der Waals surface area contributed by atoms with Gasteiger partial charge >= 0.3 is 0 Å². The maximum Gasteiger partial charge on any atom is 0.0933 e. The summed E-state index contributed by atoms with van der Waals surface area (Å²) in [5.74, 6) is 0. The van der Waals surface area contributed by atoms with Gasteiger partial charge in [-0.15, -0.1) is 0 Å². The average Bonchev–Trinajstić information content (AvgIpc) is 2.17. The van der Waals surface area contributed by atoms with Gasteiger partial charge in [-0.05, 0) is 34.0 Å². The van der Waals surface area contributed by atoms with Crippen molar-refractivity contribution in [3.63, 3.8) is 0 Å². The van der Waals surface area contributed by atoms with E-state index in [9.17, 15) is 0 Å². The van der Waals surface area contributed by atoms with Gasteiger partial charge in [0.25, 0.3) is 0 Å². The van der Waals surface area contributed by atoms with Gasteiger partial charge in [0.05, 0.1) is 11.7 Å². The topological polar surface area (TPSA) is 36.1 Å². The quantitative estimate of drug-likeness (QED) is 0.528. The monoisotopic (exact) mass is 168 g/mol. The maximum absolute atomic E-state index is 3.31. The summed E-state index contributed by atoms with van der Waals surface area (Å²) in [4.78, 5) is 0. The van der Waals surface area contributed by atoms with Crippen LogP contribution in [0.5, 0.6) is 0 Å². The zero-order valence-corrected chi connectivity index (χ0v) is 8.07. The molecule has 3 nitrogen and oxygen atoms in total. The summed E-state index contributed by atoms with van der Waals surface area (Å²) in [7, 11) is 5.91. The molecular formula is C9H18N3. The fraction of sp³-hybridized carbons (Fsp3) is 0.667. The van der Waals surface area contributed by atoms with Crippen LogP contribution in [0.1, 0.15) is 12.8 Å². The van der Waals surface area contributed by atoms with Crippen molar-refractivity contribution in [3.8, 4) is 0 Å². The molecule has 0 heterocycles. The number of rotatable bonds is 3. The average molecular weight is 168 g/mol. The molecule has 0 saturated heterocycles. The Hall–Kier alpha value is -0.380. The maximum atomic E-state index is 3.31. The molecule has 0 atom stereocenters. The van der Waals surface area contributed by atoms with Crippen LogP contribution in [0.25, 0.3) is 0 Å². The van der Waals surface area contributed by atoms with E-state index in [1.807, 2.05) is 21.1 Å². The van der Waals surface area contributed by atoms with Gasteiger partial charge in [0, 0.05) is 0 Å². The first-order valence-corrected chi connectivity index (χ1v) is 4.38. The lowest BCUT2D eigenvalue weighted by atomic mass is 9.89. The van der Waals surface area contributed by atoms with Crippen molar-refractivity contribution in [3.05, 3.63) is 18.2 Å². The fourth-order valence-corrected chi connectivity index (χ4v) is 1.72. The van der Waals surface area contributed by atoms with Gasteiger partial charge in [-0.3, -0.25) is 0 Å². The molecule has 1 aliphatic carbocycles. The first-order valence-electron chi connectivity index (χ1n) is 4.38. The molecule has 0 aliphatic heterocycles. The van der Waals surface area contributed by atoms with Crippen LogP contribution in [-0.2, 0) is 0 Å². The number of hydrogen-bond donors (Lipinski definition) is 3. The molecule has 0 aromatic rings. The molecule has 1 radical (unpaired) electrons. The van der Waals surface area contributed by atoms with E-state index in [0.717, 1.165) is 12.8 Å². The molecule has 0 aromatic heterocycles. The van der Waals surface area contributed by atoms with Crippen LogP contribution in [0.15, 0.2) is 12.2 Å². The number of likely N-dealkylation sites (N-methyl/N-ethyl adjacent to an activating group) is 3. The zero-order chi connectivity index (χ0) is 9.03. The molecule has 0 saturated carbocycles. The van der Waals surface area contributed by atoms with Crippen LogP contribution in [0.3, 0.4) is 0 Å². The number of hydrogen-bond acceptors (Lipinski definition) is 3. The van der Waals surface area contributed by atoms with Crippen molar-refractivity contribution in [2.45, 2.75) is 18.5 Å². The van der Waals surface area contributed by atoms with Crippen LogP contribution in [0.4, 0.5) is 0 Å². The predicted molar refractivity (Wildman–Crippen MR) is 51.5 cm³/mol. The highest BCUT2D eigenvalue weighted by molar-refractivity contribution is 5.24. The van der Waals surface area contributed by atoms with E-state index in [-0.39, 0.29) is 5.66 Å². The smallest absolute Gasteiger partial charge is 0.0933 e. The first-order chi connectivity index (χ1) is 5.79. The molecule has 0 aromatic carbocycles. The van der Waals surface area contributed by atoms with Crippen LogP contribution >= 0.6 is 0 Å². The molecular weight excluding hydrogens is 150 g/mol. The summed E-state index contributed by atoms with van der Waals surface area (Å²) < 4.78 is 0. The second-order valence-corrected chi connectivity index (χ2v) is 3.01. The van der Waals surface area contributed by atoms with Gasteiger partial charge in [0.15, 0.2) is 0 Å². The van der Waals surface area contributed by atoms with Crippen molar-refractivity contribution < 1.29 is 0 Å². The summed E-state index contributed by atoms with van der Waals surface area (Å²) >= 11 is 0. The van der Waals surface area contributed by atoms with Gasteiger partial charge < -0.3 is 16.0 Å². The lowest BCUT2D eigenvalue weighted by molar-refractivity contribution is 0.277. The molecule has 1 aliphatic rings. The minimum Gasteiger partial charge on any atom is -0.306 e. The number of nitrogens with one attached hydrogen (secondary N) is 3. The Morgan fingerprint density at radius 2 is 1.92 bits per heavy atom. The molecule has 0 spiro atoms. The van der Waals surface area contributed by atoms with Gasteiger partial charge in [-0.1, -0.05) is 12.2 Å². The first kappa shape index (κ1) is 9.71. The Kier molecular flexibility index (Phi) is 3.26. The highest BCUT2D eigenvalue weighted by atomic mass is 15.2. The molecule has 0 unspecified atom stereocenters. The van der Waals surface area contributed by atoms with E-state index in [1.165, 1.54) is 6.04 Å². The second-order valence-electron chi connectivity index (χ2n) is 3.01. The van der Waals surface area contributed by atoms with Gasteiger partial charge in [-0.25, -0.2) is 0 Å². The van der Waals surface area contributed by atoms with Crippen molar-refractivity contribution in [2.24, 2.45) is 0 Å². The van der Waals surface area contributed by atoms with Gasteiger partial charge in [0.1, 0.15) is 0 Å². The molecule has 69 valence electrons. The van der Waals surface area contributed by atoms with E-state index in [1.54, 1.807) is 0 Å². The van der Waals surface area contributed by atoms with Crippen molar-refractivity contribution in [1.82, 2.24) is 16.0 Å². The Morgan fingerprint density at radius 3 is 2.33 bits per heavy atom. The Labute approximate surface area is 74.6 Å².